The number of nitro groups is 1. The third-order valence-electron chi connectivity index (χ3n) is 3.43. The topological polar surface area (TPSA) is 96.0 Å². The molecule has 2 rings (SSSR count). The summed E-state index contributed by atoms with van der Waals surface area (Å²) < 4.78 is 0. The van der Waals surface area contributed by atoms with Crippen molar-refractivity contribution >= 4 is 23.4 Å². The van der Waals surface area contributed by atoms with Crippen LogP contribution in [0.4, 0.5) is 11.4 Å². The van der Waals surface area contributed by atoms with E-state index in [0.29, 0.717) is 11.3 Å². The van der Waals surface area contributed by atoms with Gasteiger partial charge in [-0.05, 0) is 36.8 Å². The minimum atomic E-state index is -0.538. The van der Waals surface area contributed by atoms with Gasteiger partial charge in [0.05, 0.1) is 10.5 Å². The summed E-state index contributed by atoms with van der Waals surface area (Å²) in [5, 5.41) is 22.8. The van der Waals surface area contributed by atoms with Gasteiger partial charge in [-0.2, -0.15) is 5.26 Å². The number of aryl methyl sites for hydroxylation is 1. The van der Waals surface area contributed by atoms with Gasteiger partial charge in [0.2, 0.25) is 0 Å². The quantitative estimate of drug-likeness (QED) is 0.294. The minimum absolute atomic E-state index is 0.0463. The number of allylic oxidation sites excluding steroid dienone is 2. The molecule has 124 valence electrons. The van der Waals surface area contributed by atoms with Gasteiger partial charge in [-0.25, -0.2) is 0 Å². The number of anilines is 1. The molecule has 0 spiro atoms. The summed E-state index contributed by atoms with van der Waals surface area (Å²) in [6, 6.07) is 15.3. The molecule has 0 saturated carbocycles. The average Bonchev–Trinajstić information content (AvgIpc) is 2.61. The molecule has 0 bridgehead atoms. The van der Waals surface area contributed by atoms with Crippen molar-refractivity contribution in [1.29, 1.82) is 5.26 Å². The zero-order valence-corrected chi connectivity index (χ0v) is 13.5. The first kappa shape index (κ1) is 17.6. The van der Waals surface area contributed by atoms with E-state index in [0.717, 1.165) is 5.56 Å². The smallest absolute Gasteiger partial charge is 0.276 e. The number of para-hydroxylation sites is 2. The predicted octanol–water partition coefficient (Wildman–Crippen LogP) is 4.01. The molecule has 6 nitrogen and oxygen atoms in total. The van der Waals surface area contributed by atoms with Crippen molar-refractivity contribution in [2.24, 2.45) is 0 Å². The van der Waals surface area contributed by atoms with E-state index in [1.807, 2.05) is 25.1 Å². The lowest BCUT2D eigenvalue weighted by Crippen LogP contribution is -2.14. The highest BCUT2D eigenvalue weighted by molar-refractivity contribution is 6.07. The minimum Gasteiger partial charge on any atom is -0.321 e. The molecule has 2 aromatic carbocycles. The lowest BCUT2D eigenvalue weighted by atomic mass is 10.1. The van der Waals surface area contributed by atoms with Gasteiger partial charge in [0.25, 0.3) is 11.6 Å². The third kappa shape index (κ3) is 4.62. The molecule has 0 aliphatic carbocycles. The van der Waals surface area contributed by atoms with Crippen molar-refractivity contribution in [2.45, 2.75) is 6.92 Å². The summed E-state index contributed by atoms with van der Waals surface area (Å²) in [4.78, 5) is 22.6. The van der Waals surface area contributed by atoms with Gasteiger partial charge in [-0.3, -0.25) is 14.9 Å². The van der Waals surface area contributed by atoms with Crippen LogP contribution >= 0.6 is 0 Å². The number of carbonyl (C=O) groups excluding carboxylic acids is 1. The van der Waals surface area contributed by atoms with Crippen LogP contribution in [-0.4, -0.2) is 10.8 Å². The summed E-state index contributed by atoms with van der Waals surface area (Å²) >= 11 is 0. The van der Waals surface area contributed by atoms with Gasteiger partial charge in [-0.15, -0.1) is 0 Å². The monoisotopic (exact) mass is 333 g/mol. The van der Waals surface area contributed by atoms with Crippen LogP contribution in [0.1, 0.15) is 11.1 Å². The molecule has 25 heavy (non-hydrogen) atoms. The molecule has 0 fully saturated rings. The highest BCUT2D eigenvalue weighted by Gasteiger charge is 2.11. The SMILES string of the molecule is Cc1ccccc1NC(=O)/C(C#N)=C/C=C/c1ccccc1[N+](=O)[O-]. The van der Waals surface area contributed by atoms with Crippen molar-refractivity contribution in [3.05, 3.63) is 87.5 Å². The van der Waals surface area contributed by atoms with Crippen LogP contribution in [0, 0.1) is 28.4 Å². The van der Waals surface area contributed by atoms with Crippen LogP contribution in [0.15, 0.2) is 66.3 Å². The number of nitro benzene ring substituents is 1. The Bertz CT molecular complexity index is 908. The average molecular weight is 333 g/mol. The van der Waals surface area contributed by atoms with Gasteiger partial charge in [-0.1, -0.05) is 36.4 Å². The lowest BCUT2D eigenvalue weighted by molar-refractivity contribution is -0.385. The molecular formula is C19H15N3O3. The Balaban J connectivity index is 2.18. The normalized spacial score (nSPS) is 11.1. The molecule has 0 atom stereocenters. The molecule has 0 aromatic heterocycles. The Labute approximate surface area is 144 Å². The first-order valence-electron chi connectivity index (χ1n) is 7.42. The fraction of sp³-hybridized carbons (Fsp3) is 0.0526. The van der Waals surface area contributed by atoms with Crippen LogP contribution in [0.5, 0.6) is 0 Å². The summed E-state index contributed by atoms with van der Waals surface area (Å²) in [6.45, 7) is 1.85. The number of rotatable bonds is 5. The van der Waals surface area contributed by atoms with E-state index in [2.05, 4.69) is 5.32 Å². The number of amides is 1. The highest BCUT2D eigenvalue weighted by atomic mass is 16.6. The Hall–Kier alpha value is -3.72. The second-order valence-corrected chi connectivity index (χ2v) is 5.14. The summed E-state index contributed by atoms with van der Waals surface area (Å²) in [7, 11) is 0. The van der Waals surface area contributed by atoms with Crippen LogP contribution in [0.2, 0.25) is 0 Å². The number of hydrogen-bond acceptors (Lipinski definition) is 4. The molecule has 0 aliphatic heterocycles. The van der Waals surface area contributed by atoms with Crippen LogP contribution in [0.3, 0.4) is 0 Å². The van der Waals surface area contributed by atoms with Crippen LogP contribution in [-0.2, 0) is 4.79 Å². The van der Waals surface area contributed by atoms with Crippen molar-refractivity contribution in [1.82, 2.24) is 0 Å². The van der Waals surface area contributed by atoms with E-state index in [9.17, 15) is 14.9 Å². The molecular weight excluding hydrogens is 318 g/mol. The Kier molecular flexibility index (Phi) is 5.80. The molecule has 1 amide bonds. The molecule has 0 aliphatic rings. The zero-order chi connectivity index (χ0) is 18.2. The maximum absolute atomic E-state index is 12.2. The Morgan fingerprint density at radius 3 is 2.56 bits per heavy atom. The third-order valence-corrected chi connectivity index (χ3v) is 3.43. The van der Waals surface area contributed by atoms with E-state index < -0.39 is 10.8 Å². The van der Waals surface area contributed by atoms with E-state index in [1.165, 1.54) is 24.3 Å². The lowest BCUT2D eigenvalue weighted by Gasteiger charge is -2.06. The van der Waals surface area contributed by atoms with E-state index >= 15 is 0 Å². The van der Waals surface area contributed by atoms with Crippen molar-refractivity contribution in [3.63, 3.8) is 0 Å². The molecule has 1 N–H and O–H groups in total. The molecule has 0 unspecified atom stereocenters. The second kappa shape index (κ2) is 8.22. The Morgan fingerprint density at radius 1 is 1.20 bits per heavy atom. The maximum atomic E-state index is 12.2. The van der Waals surface area contributed by atoms with Crippen molar-refractivity contribution in [3.8, 4) is 6.07 Å². The molecule has 2 aromatic rings. The number of carbonyl (C=O) groups is 1. The maximum Gasteiger partial charge on any atom is 0.276 e. The molecule has 0 radical (unpaired) electrons. The zero-order valence-electron chi connectivity index (χ0n) is 13.5. The summed E-state index contributed by atoms with van der Waals surface area (Å²) in [6.07, 6.45) is 4.25. The number of benzene rings is 2. The van der Waals surface area contributed by atoms with Crippen LogP contribution in [0.25, 0.3) is 6.08 Å². The van der Waals surface area contributed by atoms with Gasteiger partial charge in [0, 0.05) is 11.8 Å². The second-order valence-electron chi connectivity index (χ2n) is 5.14. The fourth-order valence-corrected chi connectivity index (χ4v) is 2.11. The molecule has 0 heterocycles. The van der Waals surface area contributed by atoms with E-state index in [1.54, 1.807) is 30.3 Å². The van der Waals surface area contributed by atoms with Crippen molar-refractivity contribution < 1.29 is 9.72 Å². The van der Waals surface area contributed by atoms with Gasteiger partial charge in [0.15, 0.2) is 0 Å². The van der Waals surface area contributed by atoms with Gasteiger partial charge in [0.1, 0.15) is 11.6 Å². The highest BCUT2D eigenvalue weighted by Crippen LogP contribution is 2.19. The van der Waals surface area contributed by atoms with Gasteiger partial charge >= 0.3 is 0 Å². The van der Waals surface area contributed by atoms with Crippen LogP contribution < -0.4 is 5.32 Å². The summed E-state index contributed by atoms with van der Waals surface area (Å²) in [5.41, 5.74) is 1.74. The Morgan fingerprint density at radius 2 is 1.88 bits per heavy atom. The standard InChI is InChI=1S/C19H15N3O3/c1-14-7-2-4-11-17(14)21-19(23)16(13-20)10-6-9-15-8-3-5-12-18(15)22(24)25/h2-12H,1H3,(H,21,23)/b9-6+,16-10+. The molecule has 0 saturated heterocycles. The first-order valence-corrected chi connectivity index (χ1v) is 7.42. The largest absolute Gasteiger partial charge is 0.321 e. The number of nitrogens with one attached hydrogen (secondary N) is 1. The number of nitriles is 1. The fourth-order valence-electron chi connectivity index (χ4n) is 2.11. The number of nitrogens with zero attached hydrogens (tertiary/aromatic N) is 2. The summed E-state index contributed by atoms with van der Waals surface area (Å²) in [5.74, 6) is -0.538. The number of hydrogen-bond donors (Lipinski definition) is 1. The van der Waals surface area contributed by atoms with E-state index in [4.69, 9.17) is 5.26 Å². The van der Waals surface area contributed by atoms with Gasteiger partial charge < -0.3 is 5.32 Å². The first-order chi connectivity index (χ1) is 12.0. The van der Waals surface area contributed by atoms with Crippen molar-refractivity contribution in [2.75, 3.05) is 5.32 Å². The predicted molar refractivity (Wildman–Crippen MR) is 95.6 cm³/mol. The molecule has 6 heteroatoms. The van der Waals surface area contributed by atoms with E-state index in [-0.39, 0.29) is 11.3 Å².